The Bertz CT molecular complexity index is 451. The molecule has 1 aromatic rings. The van der Waals surface area contributed by atoms with Gasteiger partial charge in [-0.3, -0.25) is 9.59 Å². The molecule has 1 aliphatic heterocycles. The van der Waals surface area contributed by atoms with Gasteiger partial charge in [0.2, 0.25) is 5.78 Å². The number of benzene rings is 1. The number of piperazine rings is 1. The zero-order valence-corrected chi connectivity index (χ0v) is 11.0. The average molecular weight is 267 g/mol. The van der Waals surface area contributed by atoms with Crippen molar-refractivity contribution in [2.24, 2.45) is 0 Å². The van der Waals surface area contributed by atoms with E-state index in [0.29, 0.717) is 23.7 Å². The summed E-state index contributed by atoms with van der Waals surface area (Å²) in [6, 6.07) is 6.40. The molecule has 0 spiro atoms. The van der Waals surface area contributed by atoms with E-state index < -0.39 is 11.7 Å². The first-order valence-corrected chi connectivity index (χ1v) is 6.23. The van der Waals surface area contributed by atoms with Gasteiger partial charge in [-0.1, -0.05) is 11.6 Å². The van der Waals surface area contributed by atoms with Crippen molar-refractivity contribution in [3.05, 3.63) is 34.9 Å². The smallest absolute Gasteiger partial charge is 0.295 e. The second-order valence-corrected chi connectivity index (χ2v) is 4.87. The molecule has 18 heavy (non-hydrogen) atoms. The van der Waals surface area contributed by atoms with Gasteiger partial charge in [-0.25, -0.2) is 0 Å². The van der Waals surface area contributed by atoms with Gasteiger partial charge in [0, 0.05) is 36.8 Å². The molecule has 4 nitrogen and oxygen atoms in total. The van der Waals surface area contributed by atoms with Crippen LogP contribution in [0.15, 0.2) is 24.3 Å². The van der Waals surface area contributed by atoms with E-state index in [2.05, 4.69) is 4.90 Å². The summed E-state index contributed by atoms with van der Waals surface area (Å²) in [5, 5.41) is 0.554. The lowest BCUT2D eigenvalue weighted by atomic mass is 10.1. The molecule has 0 aromatic heterocycles. The predicted molar refractivity (Wildman–Crippen MR) is 69.9 cm³/mol. The van der Waals surface area contributed by atoms with Gasteiger partial charge in [0.15, 0.2) is 0 Å². The second kappa shape index (κ2) is 5.50. The fourth-order valence-electron chi connectivity index (χ4n) is 1.88. The molecule has 0 N–H and O–H groups in total. The van der Waals surface area contributed by atoms with E-state index in [1.54, 1.807) is 29.2 Å². The highest BCUT2D eigenvalue weighted by molar-refractivity contribution is 6.42. The summed E-state index contributed by atoms with van der Waals surface area (Å²) in [4.78, 5) is 27.7. The van der Waals surface area contributed by atoms with Crippen LogP contribution in [0, 0.1) is 0 Å². The molecule has 0 bridgehead atoms. The Morgan fingerprint density at radius 1 is 1.06 bits per heavy atom. The van der Waals surface area contributed by atoms with Crippen molar-refractivity contribution >= 4 is 23.3 Å². The molecule has 1 fully saturated rings. The van der Waals surface area contributed by atoms with Crippen LogP contribution in [0.25, 0.3) is 0 Å². The Morgan fingerprint density at radius 3 is 2.17 bits per heavy atom. The Morgan fingerprint density at radius 2 is 1.61 bits per heavy atom. The first kappa shape index (κ1) is 13.1. The maximum absolute atomic E-state index is 12.0. The molecular formula is C13H15ClN2O2. The maximum atomic E-state index is 12.0. The van der Waals surface area contributed by atoms with Crippen molar-refractivity contribution in [3.63, 3.8) is 0 Å². The largest absolute Gasteiger partial charge is 0.333 e. The Hall–Kier alpha value is -1.39. The third-order valence-corrected chi connectivity index (χ3v) is 3.34. The minimum Gasteiger partial charge on any atom is -0.333 e. The van der Waals surface area contributed by atoms with E-state index in [-0.39, 0.29) is 0 Å². The van der Waals surface area contributed by atoms with Crippen LogP contribution in [-0.2, 0) is 4.79 Å². The molecule has 0 unspecified atom stereocenters. The lowest BCUT2D eigenvalue weighted by Crippen LogP contribution is -2.49. The fourth-order valence-corrected chi connectivity index (χ4v) is 2.00. The summed E-state index contributed by atoms with van der Waals surface area (Å²) < 4.78 is 0. The molecule has 1 aliphatic rings. The first-order valence-electron chi connectivity index (χ1n) is 5.85. The van der Waals surface area contributed by atoms with Crippen molar-refractivity contribution in [2.45, 2.75) is 0 Å². The monoisotopic (exact) mass is 266 g/mol. The van der Waals surface area contributed by atoms with E-state index in [9.17, 15) is 9.59 Å². The van der Waals surface area contributed by atoms with Gasteiger partial charge < -0.3 is 9.80 Å². The highest BCUT2D eigenvalue weighted by Gasteiger charge is 2.25. The van der Waals surface area contributed by atoms with E-state index in [1.807, 2.05) is 7.05 Å². The highest BCUT2D eigenvalue weighted by Crippen LogP contribution is 2.11. The van der Waals surface area contributed by atoms with Crippen LogP contribution in [-0.4, -0.2) is 54.7 Å². The maximum Gasteiger partial charge on any atom is 0.295 e. The highest BCUT2D eigenvalue weighted by atomic mass is 35.5. The summed E-state index contributed by atoms with van der Waals surface area (Å²) in [7, 11) is 2.00. The van der Waals surface area contributed by atoms with Crippen LogP contribution in [0.1, 0.15) is 10.4 Å². The number of halogens is 1. The quantitative estimate of drug-likeness (QED) is 0.598. The van der Waals surface area contributed by atoms with E-state index in [0.717, 1.165) is 13.1 Å². The lowest BCUT2D eigenvalue weighted by Gasteiger charge is -2.31. The minimum absolute atomic E-state index is 0.392. The van der Waals surface area contributed by atoms with Crippen LogP contribution in [0.5, 0.6) is 0 Å². The van der Waals surface area contributed by atoms with Crippen molar-refractivity contribution in [1.82, 2.24) is 9.80 Å². The second-order valence-electron chi connectivity index (χ2n) is 4.43. The number of rotatable bonds is 2. The molecule has 0 saturated carbocycles. The minimum atomic E-state index is -0.462. The normalized spacial score (nSPS) is 16.7. The first-order chi connectivity index (χ1) is 8.58. The Kier molecular flexibility index (Phi) is 3.99. The number of hydrogen-bond acceptors (Lipinski definition) is 3. The van der Waals surface area contributed by atoms with E-state index >= 15 is 0 Å². The van der Waals surface area contributed by atoms with Gasteiger partial charge in [-0.15, -0.1) is 0 Å². The summed E-state index contributed by atoms with van der Waals surface area (Å²) >= 11 is 5.75. The van der Waals surface area contributed by atoms with Crippen molar-refractivity contribution < 1.29 is 9.59 Å². The number of amides is 1. The molecule has 1 heterocycles. The molecule has 1 aromatic carbocycles. The predicted octanol–water partition coefficient (Wildman–Crippen LogP) is 1.30. The molecule has 0 aliphatic carbocycles. The summed E-state index contributed by atoms with van der Waals surface area (Å²) in [6.07, 6.45) is 0. The number of nitrogens with zero attached hydrogens (tertiary/aromatic N) is 2. The molecule has 96 valence electrons. The molecular weight excluding hydrogens is 252 g/mol. The number of Topliss-reactive ketones (excluding diaryl/α,β-unsaturated/α-hetero) is 1. The standard InChI is InChI=1S/C13H15ClN2O2/c1-15-6-8-16(9-7-15)13(18)12(17)10-2-4-11(14)5-3-10/h2-5H,6-9H2,1H3. The van der Waals surface area contributed by atoms with Gasteiger partial charge in [-0.05, 0) is 31.3 Å². The molecule has 5 heteroatoms. The van der Waals surface area contributed by atoms with Gasteiger partial charge in [0.25, 0.3) is 5.91 Å². The van der Waals surface area contributed by atoms with Crippen LogP contribution < -0.4 is 0 Å². The average Bonchev–Trinajstić information content (AvgIpc) is 2.39. The van der Waals surface area contributed by atoms with Crippen LogP contribution in [0.3, 0.4) is 0 Å². The Labute approximate surface area is 111 Å². The number of hydrogen-bond donors (Lipinski definition) is 0. The lowest BCUT2D eigenvalue weighted by molar-refractivity contribution is -0.127. The molecule has 1 saturated heterocycles. The van der Waals surface area contributed by atoms with Crippen molar-refractivity contribution in [1.29, 1.82) is 0 Å². The van der Waals surface area contributed by atoms with Gasteiger partial charge >= 0.3 is 0 Å². The van der Waals surface area contributed by atoms with Crippen LogP contribution in [0.2, 0.25) is 5.02 Å². The van der Waals surface area contributed by atoms with Crippen LogP contribution in [0.4, 0.5) is 0 Å². The van der Waals surface area contributed by atoms with Crippen LogP contribution >= 0.6 is 11.6 Å². The van der Waals surface area contributed by atoms with Crippen molar-refractivity contribution in [2.75, 3.05) is 33.2 Å². The third-order valence-electron chi connectivity index (χ3n) is 3.09. The fraction of sp³-hybridized carbons (Fsp3) is 0.385. The van der Waals surface area contributed by atoms with Gasteiger partial charge in [-0.2, -0.15) is 0 Å². The molecule has 0 atom stereocenters. The zero-order valence-electron chi connectivity index (χ0n) is 10.2. The third kappa shape index (κ3) is 2.89. The van der Waals surface area contributed by atoms with Crippen molar-refractivity contribution in [3.8, 4) is 0 Å². The van der Waals surface area contributed by atoms with Gasteiger partial charge in [0.1, 0.15) is 0 Å². The van der Waals surface area contributed by atoms with E-state index in [1.165, 1.54) is 0 Å². The molecule has 0 radical (unpaired) electrons. The number of carbonyl (C=O) groups is 2. The SMILES string of the molecule is CN1CCN(C(=O)C(=O)c2ccc(Cl)cc2)CC1. The molecule has 1 amide bonds. The number of ketones is 1. The topological polar surface area (TPSA) is 40.6 Å². The number of likely N-dealkylation sites (N-methyl/N-ethyl adjacent to an activating group) is 1. The Balaban J connectivity index is 2.05. The summed E-state index contributed by atoms with van der Waals surface area (Å²) in [6.45, 7) is 2.82. The van der Waals surface area contributed by atoms with Gasteiger partial charge in [0.05, 0.1) is 0 Å². The zero-order chi connectivity index (χ0) is 13.1. The number of carbonyl (C=O) groups excluding carboxylic acids is 2. The summed E-state index contributed by atoms with van der Waals surface area (Å²) in [5.41, 5.74) is 0.392. The molecule has 2 rings (SSSR count). The summed E-state index contributed by atoms with van der Waals surface area (Å²) in [5.74, 6) is -0.887. The van der Waals surface area contributed by atoms with E-state index in [4.69, 9.17) is 11.6 Å².